The molecule has 0 aliphatic rings. The molecule has 0 bridgehead atoms. The first kappa shape index (κ1) is 8.21. The molecule has 0 aliphatic heterocycles. The third-order valence-electron chi connectivity index (χ3n) is 1.51. The first-order valence-electron chi connectivity index (χ1n) is 3.60. The number of hydrogen-bond donors (Lipinski definition) is 0. The molecular weight excluding hydrogens is 136 g/mol. The largest absolute Gasteiger partial charge is 0.302 e. The van der Waals surface area contributed by atoms with Crippen molar-refractivity contribution in [3.63, 3.8) is 0 Å². The van der Waals surface area contributed by atoms with Gasteiger partial charge in [0, 0.05) is 25.5 Å². The van der Waals surface area contributed by atoms with Crippen molar-refractivity contribution >= 4 is 0 Å². The van der Waals surface area contributed by atoms with Crippen molar-refractivity contribution in [1.29, 1.82) is 0 Å². The van der Waals surface area contributed by atoms with Gasteiger partial charge in [-0.2, -0.15) is 0 Å². The molecule has 0 N–H and O–H groups in total. The van der Waals surface area contributed by atoms with E-state index < -0.39 is 0 Å². The summed E-state index contributed by atoms with van der Waals surface area (Å²) >= 11 is 0. The summed E-state index contributed by atoms with van der Waals surface area (Å²) in [6.45, 7) is 6.90. The summed E-state index contributed by atoms with van der Waals surface area (Å²) in [5.74, 6) is 0. The highest BCUT2D eigenvalue weighted by molar-refractivity contribution is 5.09. The van der Waals surface area contributed by atoms with Crippen molar-refractivity contribution in [2.24, 2.45) is 0 Å². The Balaban J connectivity index is 2.51. The van der Waals surface area contributed by atoms with Gasteiger partial charge in [0.2, 0.25) is 0 Å². The molecule has 2 nitrogen and oxygen atoms in total. The molecule has 0 amide bonds. The van der Waals surface area contributed by atoms with Gasteiger partial charge in [0.25, 0.3) is 0 Å². The molecule has 2 heteroatoms. The van der Waals surface area contributed by atoms with E-state index in [0.29, 0.717) is 6.54 Å². The Morgan fingerprint density at radius 2 is 2.09 bits per heavy atom. The third-order valence-corrected chi connectivity index (χ3v) is 1.51. The van der Waals surface area contributed by atoms with Crippen LogP contribution in [0.25, 0.3) is 0 Å². The first-order valence-corrected chi connectivity index (χ1v) is 3.60. The Kier molecular flexibility index (Phi) is 3.05. The van der Waals surface area contributed by atoms with Crippen LogP contribution in [0.1, 0.15) is 5.56 Å². The second-order valence-corrected chi connectivity index (χ2v) is 2.55. The standard InChI is InChI=1S/C9H12N2/c1-3-11(2)8-9-4-6-10-7-5-9/h1,4-7H,3,8H2,2H3. The fourth-order valence-electron chi connectivity index (χ4n) is 0.864. The number of hydrogen-bond acceptors (Lipinski definition) is 2. The molecule has 1 aromatic heterocycles. The molecule has 0 atom stereocenters. The van der Waals surface area contributed by atoms with Crippen LogP contribution in [0.2, 0.25) is 0 Å². The van der Waals surface area contributed by atoms with Crippen LogP contribution in [-0.4, -0.2) is 23.5 Å². The fourth-order valence-corrected chi connectivity index (χ4v) is 0.864. The zero-order valence-corrected chi connectivity index (χ0v) is 6.70. The minimum absolute atomic E-state index is 0.586. The second-order valence-electron chi connectivity index (χ2n) is 2.55. The van der Waals surface area contributed by atoms with Crippen LogP contribution in [0, 0.1) is 6.92 Å². The smallest absolute Gasteiger partial charge is 0.0271 e. The molecule has 2 radical (unpaired) electrons. The average Bonchev–Trinajstić information content (AvgIpc) is 2.06. The van der Waals surface area contributed by atoms with Gasteiger partial charge in [-0.05, 0) is 31.7 Å². The van der Waals surface area contributed by atoms with Crippen LogP contribution in [0.3, 0.4) is 0 Å². The van der Waals surface area contributed by atoms with E-state index in [-0.39, 0.29) is 0 Å². The lowest BCUT2D eigenvalue weighted by molar-refractivity contribution is 0.362. The molecule has 58 valence electrons. The monoisotopic (exact) mass is 148 g/mol. The summed E-state index contributed by atoms with van der Waals surface area (Å²) in [5.41, 5.74) is 1.24. The maximum atomic E-state index is 5.43. The van der Waals surface area contributed by atoms with Gasteiger partial charge in [-0.1, -0.05) is 0 Å². The Hall–Kier alpha value is -0.890. The summed E-state index contributed by atoms with van der Waals surface area (Å²) in [7, 11) is 1.99. The molecule has 1 rings (SSSR count). The molecule has 1 aromatic rings. The van der Waals surface area contributed by atoms with Crippen LogP contribution in [0.15, 0.2) is 24.5 Å². The van der Waals surface area contributed by atoms with Crippen molar-refractivity contribution in [2.45, 2.75) is 6.54 Å². The lowest BCUT2D eigenvalue weighted by atomic mass is 10.2. The second kappa shape index (κ2) is 4.09. The van der Waals surface area contributed by atoms with E-state index in [9.17, 15) is 0 Å². The number of rotatable bonds is 3. The minimum Gasteiger partial charge on any atom is -0.302 e. The van der Waals surface area contributed by atoms with Crippen LogP contribution < -0.4 is 0 Å². The van der Waals surface area contributed by atoms with Crippen molar-refractivity contribution in [3.8, 4) is 0 Å². The van der Waals surface area contributed by atoms with Gasteiger partial charge in [0.05, 0.1) is 0 Å². The molecule has 0 aromatic carbocycles. The highest BCUT2D eigenvalue weighted by Crippen LogP contribution is 1.99. The van der Waals surface area contributed by atoms with Crippen molar-refractivity contribution in [1.82, 2.24) is 9.88 Å². The third kappa shape index (κ3) is 2.68. The molecule has 0 spiro atoms. The van der Waals surface area contributed by atoms with Gasteiger partial charge in [0.15, 0.2) is 0 Å². The lowest BCUT2D eigenvalue weighted by Crippen LogP contribution is -2.16. The van der Waals surface area contributed by atoms with E-state index in [1.165, 1.54) is 5.56 Å². The van der Waals surface area contributed by atoms with Gasteiger partial charge in [-0.3, -0.25) is 4.98 Å². The van der Waals surface area contributed by atoms with Crippen LogP contribution in [-0.2, 0) is 6.54 Å². The van der Waals surface area contributed by atoms with Crippen LogP contribution in [0.4, 0.5) is 0 Å². The topological polar surface area (TPSA) is 16.1 Å². The Morgan fingerprint density at radius 3 is 2.64 bits per heavy atom. The predicted molar refractivity (Wildman–Crippen MR) is 44.9 cm³/mol. The van der Waals surface area contributed by atoms with E-state index in [2.05, 4.69) is 4.98 Å². The normalized spacial score (nSPS) is 10.5. The molecule has 0 saturated carbocycles. The summed E-state index contributed by atoms with van der Waals surface area (Å²) < 4.78 is 0. The van der Waals surface area contributed by atoms with Crippen molar-refractivity contribution in [3.05, 3.63) is 37.0 Å². The zero-order valence-electron chi connectivity index (χ0n) is 6.70. The van der Waals surface area contributed by atoms with Gasteiger partial charge >= 0.3 is 0 Å². The summed E-state index contributed by atoms with van der Waals surface area (Å²) in [6, 6.07) is 3.98. The van der Waals surface area contributed by atoms with Gasteiger partial charge in [-0.15, -0.1) is 0 Å². The average molecular weight is 148 g/mol. The van der Waals surface area contributed by atoms with E-state index in [4.69, 9.17) is 6.92 Å². The van der Waals surface area contributed by atoms with E-state index in [1.807, 2.05) is 24.1 Å². The van der Waals surface area contributed by atoms with Crippen LogP contribution in [0.5, 0.6) is 0 Å². The number of pyridine rings is 1. The van der Waals surface area contributed by atoms with E-state index >= 15 is 0 Å². The molecular formula is C9H12N2. The lowest BCUT2D eigenvalue weighted by Gasteiger charge is -2.12. The highest BCUT2D eigenvalue weighted by atomic mass is 15.1. The van der Waals surface area contributed by atoms with Crippen LogP contribution >= 0.6 is 0 Å². The van der Waals surface area contributed by atoms with Gasteiger partial charge in [-0.25, -0.2) is 0 Å². The van der Waals surface area contributed by atoms with Crippen molar-refractivity contribution < 1.29 is 0 Å². The first-order chi connectivity index (χ1) is 5.33. The molecule has 1 heterocycles. The molecule has 0 unspecified atom stereocenters. The molecule has 11 heavy (non-hydrogen) atoms. The number of nitrogens with zero attached hydrogens (tertiary/aromatic N) is 2. The summed E-state index contributed by atoms with van der Waals surface area (Å²) in [4.78, 5) is 5.97. The molecule has 0 aliphatic carbocycles. The number of aromatic nitrogens is 1. The Bertz CT molecular complexity index is 196. The summed E-state index contributed by atoms with van der Waals surface area (Å²) in [5, 5.41) is 0. The van der Waals surface area contributed by atoms with E-state index in [1.54, 1.807) is 12.4 Å². The predicted octanol–water partition coefficient (Wildman–Crippen LogP) is 1.22. The SMILES string of the molecule is [CH]CN(C)Cc1ccncc1. The summed E-state index contributed by atoms with van der Waals surface area (Å²) in [6.07, 6.45) is 3.58. The molecule has 0 saturated heterocycles. The van der Waals surface area contributed by atoms with Gasteiger partial charge < -0.3 is 4.90 Å². The van der Waals surface area contributed by atoms with E-state index in [0.717, 1.165) is 6.54 Å². The Labute approximate surface area is 67.9 Å². The maximum Gasteiger partial charge on any atom is 0.0271 e. The quantitative estimate of drug-likeness (QED) is 0.640. The van der Waals surface area contributed by atoms with Gasteiger partial charge in [0.1, 0.15) is 0 Å². The zero-order chi connectivity index (χ0) is 8.10. The fraction of sp³-hybridized carbons (Fsp3) is 0.333. The Morgan fingerprint density at radius 1 is 1.45 bits per heavy atom. The maximum absolute atomic E-state index is 5.43. The minimum atomic E-state index is 0.586. The van der Waals surface area contributed by atoms with Crippen molar-refractivity contribution in [2.75, 3.05) is 13.6 Å². The molecule has 0 fully saturated rings. The highest BCUT2D eigenvalue weighted by Gasteiger charge is 1.94.